The topological polar surface area (TPSA) is 8.72 Å². The maximum atomic E-state index is 7.58. The third-order valence-corrected chi connectivity index (χ3v) is 4.75. The van der Waals surface area contributed by atoms with Gasteiger partial charge >= 0.3 is 5.66 Å². The van der Waals surface area contributed by atoms with Gasteiger partial charge in [-0.15, -0.1) is 0 Å². The average Bonchev–Trinajstić information content (AvgIpc) is 2.91. The molecule has 22 heavy (non-hydrogen) atoms. The van der Waals surface area contributed by atoms with Gasteiger partial charge in [-0.3, -0.25) is 0 Å². The summed E-state index contributed by atoms with van der Waals surface area (Å²) in [5.74, 6) is 7.41. The Morgan fingerprint density at radius 2 is 1.91 bits per heavy atom. The SMILES string of the molecule is [C-]#[N+]C(CC#Cc1ccccc1)([N+]#[C-])C1=CC2CCC(C1)C2. The summed E-state index contributed by atoms with van der Waals surface area (Å²) >= 11 is 0. The van der Waals surface area contributed by atoms with E-state index in [9.17, 15) is 0 Å². The summed E-state index contributed by atoms with van der Waals surface area (Å²) in [7, 11) is 0. The van der Waals surface area contributed by atoms with E-state index in [0.717, 1.165) is 17.6 Å². The highest BCUT2D eigenvalue weighted by Gasteiger charge is 2.50. The van der Waals surface area contributed by atoms with Crippen molar-refractivity contribution in [1.82, 2.24) is 0 Å². The summed E-state index contributed by atoms with van der Waals surface area (Å²) in [4.78, 5) is 7.43. The van der Waals surface area contributed by atoms with Crippen LogP contribution in [0.25, 0.3) is 9.69 Å². The lowest BCUT2D eigenvalue weighted by Gasteiger charge is -2.20. The van der Waals surface area contributed by atoms with Crippen LogP contribution in [0, 0.1) is 36.8 Å². The zero-order chi connectivity index (χ0) is 15.4. The van der Waals surface area contributed by atoms with Crippen molar-refractivity contribution in [3.05, 3.63) is 70.4 Å². The van der Waals surface area contributed by atoms with Gasteiger partial charge in [-0.25, -0.2) is 22.8 Å². The Labute approximate surface area is 132 Å². The van der Waals surface area contributed by atoms with Crippen LogP contribution in [0.3, 0.4) is 0 Å². The van der Waals surface area contributed by atoms with E-state index in [0.29, 0.717) is 18.3 Å². The molecule has 3 rings (SSSR count). The summed E-state index contributed by atoms with van der Waals surface area (Å²) in [5.41, 5.74) is 0.867. The molecule has 2 heteroatoms. The van der Waals surface area contributed by atoms with Crippen molar-refractivity contribution in [3.63, 3.8) is 0 Å². The van der Waals surface area contributed by atoms with Gasteiger partial charge in [0.05, 0.1) is 0 Å². The van der Waals surface area contributed by atoms with Crippen LogP contribution >= 0.6 is 0 Å². The molecule has 0 N–H and O–H groups in total. The fraction of sp³-hybridized carbons (Fsp3) is 0.400. The number of allylic oxidation sites excluding steroid dienone is 1. The quantitative estimate of drug-likeness (QED) is 0.423. The lowest BCUT2D eigenvalue weighted by Crippen LogP contribution is -2.26. The number of rotatable bonds is 2. The van der Waals surface area contributed by atoms with Crippen molar-refractivity contribution in [2.24, 2.45) is 11.8 Å². The van der Waals surface area contributed by atoms with E-state index in [1.54, 1.807) is 0 Å². The lowest BCUT2D eigenvalue weighted by molar-refractivity contribution is 0.472. The Balaban J connectivity index is 1.83. The van der Waals surface area contributed by atoms with Gasteiger partial charge in [0.25, 0.3) is 0 Å². The molecular formula is C20H18N2. The molecule has 2 unspecified atom stereocenters. The molecule has 2 aliphatic carbocycles. The van der Waals surface area contributed by atoms with E-state index in [-0.39, 0.29) is 0 Å². The molecule has 2 atom stereocenters. The zero-order valence-electron chi connectivity index (χ0n) is 12.5. The maximum absolute atomic E-state index is 7.58. The van der Waals surface area contributed by atoms with E-state index in [2.05, 4.69) is 27.6 Å². The van der Waals surface area contributed by atoms with Crippen LogP contribution < -0.4 is 0 Å². The van der Waals surface area contributed by atoms with Gasteiger partial charge < -0.3 is 0 Å². The molecule has 2 nitrogen and oxygen atoms in total. The molecular weight excluding hydrogens is 268 g/mol. The summed E-state index contributed by atoms with van der Waals surface area (Å²) in [6.45, 7) is 15.2. The zero-order valence-corrected chi connectivity index (χ0v) is 12.5. The van der Waals surface area contributed by atoms with Crippen molar-refractivity contribution in [3.8, 4) is 11.8 Å². The third-order valence-electron chi connectivity index (χ3n) is 4.75. The average molecular weight is 286 g/mol. The van der Waals surface area contributed by atoms with Crippen molar-refractivity contribution in [1.29, 1.82) is 0 Å². The molecule has 0 spiro atoms. The maximum Gasteiger partial charge on any atom is 0.516 e. The number of nitrogens with zero attached hydrogens (tertiary/aromatic N) is 2. The first-order chi connectivity index (χ1) is 10.8. The third kappa shape index (κ3) is 2.77. The number of fused-ring (bicyclic) bond motifs is 2. The number of hydrogen-bond acceptors (Lipinski definition) is 0. The second kappa shape index (κ2) is 6.09. The van der Waals surface area contributed by atoms with Gasteiger partial charge in [-0.1, -0.05) is 36.1 Å². The minimum atomic E-state index is -1.09. The lowest BCUT2D eigenvalue weighted by atomic mass is 9.82. The summed E-state index contributed by atoms with van der Waals surface area (Å²) in [6, 6.07) is 9.75. The molecule has 0 heterocycles. The fourth-order valence-electron chi connectivity index (χ4n) is 3.56. The molecule has 0 radical (unpaired) electrons. The van der Waals surface area contributed by atoms with Crippen molar-refractivity contribution in [2.45, 2.75) is 37.8 Å². The van der Waals surface area contributed by atoms with Crippen molar-refractivity contribution >= 4 is 0 Å². The Kier molecular flexibility index (Phi) is 4.00. The molecule has 0 aromatic heterocycles. The van der Waals surface area contributed by atoms with Gasteiger partial charge in [-0.05, 0) is 49.7 Å². The molecule has 1 aromatic carbocycles. The van der Waals surface area contributed by atoms with Gasteiger partial charge in [-0.2, -0.15) is 0 Å². The minimum Gasteiger partial charge on any atom is -0.225 e. The summed E-state index contributed by atoms with van der Waals surface area (Å²) in [6.07, 6.45) is 7.13. The second-order valence-electron chi connectivity index (χ2n) is 6.22. The second-order valence-corrected chi connectivity index (χ2v) is 6.22. The van der Waals surface area contributed by atoms with Gasteiger partial charge in [0, 0.05) is 5.56 Å². The first-order valence-electron chi connectivity index (χ1n) is 7.78. The monoisotopic (exact) mass is 286 g/mol. The van der Waals surface area contributed by atoms with Crippen LogP contribution in [0.4, 0.5) is 0 Å². The number of benzene rings is 1. The van der Waals surface area contributed by atoms with Gasteiger partial charge in [0.1, 0.15) is 5.57 Å². The summed E-state index contributed by atoms with van der Waals surface area (Å²) in [5, 5.41) is 0. The van der Waals surface area contributed by atoms with E-state index in [1.807, 2.05) is 30.3 Å². The Morgan fingerprint density at radius 3 is 2.59 bits per heavy atom. The van der Waals surface area contributed by atoms with Crippen LogP contribution in [0.1, 0.15) is 37.7 Å². The first kappa shape index (κ1) is 14.4. The highest BCUT2D eigenvalue weighted by atomic mass is 15.0. The standard InChI is InChI=1S/C20H18N2/c1-21-20(22-2,12-6-9-16-7-4-3-5-8-16)19-14-17-10-11-18(13-17)15-19/h3-5,7-8,14,17-18H,10-13,15H2. The smallest absolute Gasteiger partial charge is 0.225 e. The normalized spacial score (nSPS) is 22.7. The van der Waals surface area contributed by atoms with Crippen molar-refractivity contribution < 1.29 is 0 Å². The largest absolute Gasteiger partial charge is 0.516 e. The predicted molar refractivity (Wildman–Crippen MR) is 87.4 cm³/mol. The van der Waals surface area contributed by atoms with Gasteiger partial charge in [0.15, 0.2) is 6.42 Å². The summed E-state index contributed by atoms with van der Waals surface area (Å²) < 4.78 is 0. The molecule has 108 valence electrons. The van der Waals surface area contributed by atoms with Crippen LogP contribution in [0.2, 0.25) is 0 Å². The fourth-order valence-corrected chi connectivity index (χ4v) is 3.56. The van der Waals surface area contributed by atoms with E-state index < -0.39 is 5.66 Å². The van der Waals surface area contributed by atoms with E-state index in [4.69, 9.17) is 13.1 Å². The van der Waals surface area contributed by atoms with Crippen LogP contribution in [0.5, 0.6) is 0 Å². The van der Waals surface area contributed by atoms with Crippen LogP contribution in [-0.2, 0) is 0 Å². The molecule has 1 saturated carbocycles. The first-order valence-corrected chi connectivity index (χ1v) is 7.78. The molecule has 2 bridgehead atoms. The molecule has 0 aliphatic heterocycles. The van der Waals surface area contributed by atoms with Crippen LogP contribution in [-0.4, -0.2) is 5.66 Å². The highest BCUT2D eigenvalue weighted by molar-refractivity contribution is 5.39. The molecule has 0 saturated heterocycles. The Bertz CT molecular complexity index is 705. The minimum absolute atomic E-state index is 0.306. The molecule has 2 aliphatic rings. The molecule has 0 amide bonds. The number of hydrogen-bond donors (Lipinski definition) is 0. The van der Waals surface area contributed by atoms with Crippen molar-refractivity contribution in [2.75, 3.05) is 0 Å². The van der Waals surface area contributed by atoms with E-state index >= 15 is 0 Å². The molecule has 1 fully saturated rings. The Hall–Kier alpha value is -2.50. The Morgan fingerprint density at radius 1 is 1.14 bits per heavy atom. The highest BCUT2D eigenvalue weighted by Crippen LogP contribution is 2.45. The predicted octanol–water partition coefficient (Wildman–Crippen LogP) is 4.71. The molecule has 1 aromatic rings. The van der Waals surface area contributed by atoms with E-state index in [1.165, 1.54) is 19.3 Å². The van der Waals surface area contributed by atoms with Gasteiger partial charge in [0.2, 0.25) is 0 Å². The van der Waals surface area contributed by atoms with Crippen LogP contribution in [0.15, 0.2) is 42.0 Å².